The van der Waals surface area contributed by atoms with Crippen molar-refractivity contribution in [3.8, 4) is 11.8 Å². The Morgan fingerprint density at radius 1 is 1.08 bits per heavy atom. The van der Waals surface area contributed by atoms with Gasteiger partial charge in [0.2, 0.25) is 0 Å². The summed E-state index contributed by atoms with van der Waals surface area (Å²) in [6.07, 6.45) is 11.3. The Morgan fingerprint density at radius 2 is 1.79 bits per heavy atom. The number of rotatable bonds is 10. The van der Waals surface area contributed by atoms with Crippen LogP contribution in [0.2, 0.25) is 0 Å². The SMILES string of the molecule is CCCC(C)C#CCC=C(C(C)CC(C)C(C)CC)C1CC1CC. The summed E-state index contributed by atoms with van der Waals surface area (Å²) in [7, 11) is 0. The van der Waals surface area contributed by atoms with Crippen molar-refractivity contribution >= 4 is 0 Å². The lowest BCUT2D eigenvalue weighted by Crippen LogP contribution is -2.14. The van der Waals surface area contributed by atoms with Gasteiger partial charge >= 0.3 is 0 Å². The van der Waals surface area contributed by atoms with E-state index in [-0.39, 0.29) is 0 Å². The molecule has 6 atom stereocenters. The zero-order chi connectivity index (χ0) is 18.1. The highest BCUT2D eigenvalue weighted by molar-refractivity contribution is 5.21. The molecule has 1 aliphatic carbocycles. The molecule has 1 saturated carbocycles. The standard InChI is InChI=1S/C24H42/c1-8-13-18(4)14-11-12-15-23(24-17-22(24)10-3)21(7)16-20(6)19(5)9-2/h15,18-22,24H,8-10,12-13,16-17H2,1-7H3. The van der Waals surface area contributed by atoms with Gasteiger partial charge in [0, 0.05) is 12.3 Å². The summed E-state index contributed by atoms with van der Waals surface area (Å²) in [6.45, 7) is 16.5. The van der Waals surface area contributed by atoms with Gasteiger partial charge in [-0.25, -0.2) is 0 Å². The van der Waals surface area contributed by atoms with Gasteiger partial charge in [0.25, 0.3) is 0 Å². The second-order valence-corrected chi connectivity index (χ2v) is 8.43. The van der Waals surface area contributed by atoms with Crippen LogP contribution in [0.5, 0.6) is 0 Å². The minimum absolute atomic E-state index is 0.555. The van der Waals surface area contributed by atoms with Crippen LogP contribution in [0.3, 0.4) is 0 Å². The van der Waals surface area contributed by atoms with Crippen molar-refractivity contribution in [1.29, 1.82) is 0 Å². The maximum atomic E-state index is 3.44. The highest BCUT2D eigenvalue weighted by atomic mass is 14.4. The van der Waals surface area contributed by atoms with Crippen molar-refractivity contribution < 1.29 is 0 Å². The first-order valence-corrected chi connectivity index (χ1v) is 10.6. The maximum absolute atomic E-state index is 3.44. The van der Waals surface area contributed by atoms with Crippen LogP contribution in [-0.4, -0.2) is 0 Å². The van der Waals surface area contributed by atoms with Crippen LogP contribution in [0.4, 0.5) is 0 Å². The largest absolute Gasteiger partial charge is 0.0999 e. The molecule has 0 aromatic heterocycles. The molecule has 0 radical (unpaired) electrons. The van der Waals surface area contributed by atoms with Crippen molar-refractivity contribution in [2.24, 2.45) is 35.5 Å². The summed E-state index contributed by atoms with van der Waals surface area (Å²) in [5.74, 6) is 11.6. The molecule has 0 amide bonds. The molecule has 0 aromatic carbocycles. The summed E-state index contributed by atoms with van der Waals surface area (Å²) < 4.78 is 0. The molecule has 1 fully saturated rings. The third-order valence-corrected chi connectivity index (χ3v) is 6.29. The molecule has 0 aromatic rings. The van der Waals surface area contributed by atoms with Crippen molar-refractivity contribution in [3.05, 3.63) is 11.6 Å². The first kappa shape index (κ1) is 21.3. The monoisotopic (exact) mass is 330 g/mol. The molecule has 0 heteroatoms. The molecule has 0 N–H and O–H groups in total. The average molecular weight is 331 g/mol. The van der Waals surface area contributed by atoms with E-state index in [1.807, 2.05) is 0 Å². The van der Waals surface area contributed by atoms with Gasteiger partial charge in [0.15, 0.2) is 0 Å². The molecule has 0 saturated heterocycles. The summed E-state index contributed by atoms with van der Waals surface area (Å²) in [5, 5.41) is 0. The van der Waals surface area contributed by atoms with E-state index in [2.05, 4.69) is 66.4 Å². The lowest BCUT2D eigenvalue weighted by molar-refractivity contribution is 0.319. The van der Waals surface area contributed by atoms with Gasteiger partial charge in [-0.2, -0.15) is 0 Å². The fourth-order valence-corrected chi connectivity index (χ4v) is 4.06. The molecule has 0 nitrogen and oxygen atoms in total. The van der Waals surface area contributed by atoms with Gasteiger partial charge < -0.3 is 0 Å². The molecule has 0 heterocycles. The summed E-state index contributed by atoms with van der Waals surface area (Å²) in [5.41, 5.74) is 1.73. The zero-order valence-electron chi connectivity index (χ0n) is 17.5. The van der Waals surface area contributed by atoms with Gasteiger partial charge in [-0.1, -0.05) is 91.2 Å². The molecule has 24 heavy (non-hydrogen) atoms. The van der Waals surface area contributed by atoms with Crippen molar-refractivity contribution in [2.45, 2.75) is 93.4 Å². The van der Waals surface area contributed by atoms with Crippen LogP contribution in [0.15, 0.2) is 11.6 Å². The van der Waals surface area contributed by atoms with Gasteiger partial charge in [-0.3, -0.25) is 0 Å². The van der Waals surface area contributed by atoms with E-state index in [0.717, 1.165) is 36.0 Å². The number of allylic oxidation sites excluding steroid dienone is 2. The normalized spacial score (nSPS) is 25.4. The third kappa shape index (κ3) is 7.04. The van der Waals surface area contributed by atoms with E-state index >= 15 is 0 Å². The molecule has 0 spiro atoms. The minimum Gasteiger partial charge on any atom is -0.0999 e. The molecule has 0 bridgehead atoms. The Morgan fingerprint density at radius 3 is 2.33 bits per heavy atom. The van der Waals surface area contributed by atoms with E-state index in [4.69, 9.17) is 0 Å². The second-order valence-electron chi connectivity index (χ2n) is 8.43. The predicted molar refractivity (Wildman–Crippen MR) is 109 cm³/mol. The first-order chi connectivity index (χ1) is 11.4. The zero-order valence-corrected chi connectivity index (χ0v) is 17.5. The van der Waals surface area contributed by atoms with E-state index < -0.39 is 0 Å². The first-order valence-electron chi connectivity index (χ1n) is 10.6. The topological polar surface area (TPSA) is 0 Å². The number of hydrogen-bond acceptors (Lipinski definition) is 0. The van der Waals surface area contributed by atoms with E-state index in [0.29, 0.717) is 5.92 Å². The molecular weight excluding hydrogens is 288 g/mol. The fourth-order valence-electron chi connectivity index (χ4n) is 4.06. The third-order valence-electron chi connectivity index (χ3n) is 6.29. The molecule has 1 rings (SSSR count). The minimum atomic E-state index is 0.555. The van der Waals surface area contributed by atoms with Crippen molar-refractivity contribution in [3.63, 3.8) is 0 Å². The van der Waals surface area contributed by atoms with E-state index in [1.165, 1.54) is 38.5 Å². The summed E-state index contributed by atoms with van der Waals surface area (Å²) >= 11 is 0. The quantitative estimate of drug-likeness (QED) is 0.287. The summed E-state index contributed by atoms with van der Waals surface area (Å²) in [6, 6.07) is 0. The van der Waals surface area contributed by atoms with Crippen LogP contribution in [-0.2, 0) is 0 Å². The van der Waals surface area contributed by atoms with Crippen LogP contribution in [0.25, 0.3) is 0 Å². The highest BCUT2D eigenvalue weighted by Crippen LogP contribution is 2.49. The van der Waals surface area contributed by atoms with Gasteiger partial charge in [-0.05, 0) is 48.9 Å². The molecule has 0 aliphatic heterocycles. The average Bonchev–Trinajstić information content (AvgIpc) is 3.33. The highest BCUT2D eigenvalue weighted by Gasteiger charge is 2.39. The fraction of sp³-hybridized carbons (Fsp3) is 0.833. The van der Waals surface area contributed by atoms with Crippen LogP contribution in [0, 0.1) is 47.3 Å². The molecule has 138 valence electrons. The Kier molecular flexibility index (Phi) is 9.80. The Hall–Kier alpha value is -0.700. The predicted octanol–water partition coefficient (Wildman–Crippen LogP) is 7.50. The Bertz CT molecular complexity index is 433. The van der Waals surface area contributed by atoms with Gasteiger partial charge in [0.1, 0.15) is 0 Å². The molecule has 6 unspecified atom stereocenters. The van der Waals surface area contributed by atoms with Crippen LogP contribution >= 0.6 is 0 Å². The van der Waals surface area contributed by atoms with E-state index in [1.54, 1.807) is 5.57 Å². The Labute approximate surface area is 152 Å². The Balaban J connectivity index is 2.68. The smallest absolute Gasteiger partial charge is 0.0272 e. The van der Waals surface area contributed by atoms with Crippen LogP contribution in [0.1, 0.15) is 93.4 Å². The van der Waals surface area contributed by atoms with E-state index in [9.17, 15) is 0 Å². The maximum Gasteiger partial charge on any atom is 0.0272 e. The van der Waals surface area contributed by atoms with Crippen molar-refractivity contribution in [1.82, 2.24) is 0 Å². The summed E-state index contributed by atoms with van der Waals surface area (Å²) in [4.78, 5) is 0. The van der Waals surface area contributed by atoms with Crippen molar-refractivity contribution in [2.75, 3.05) is 0 Å². The lowest BCUT2D eigenvalue weighted by atomic mass is 9.81. The van der Waals surface area contributed by atoms with Crippen LogP contribution < -0.4 is 0 Å². The number of hydrogen-bond donors (Lipinski definition) is 0. The molecule has 1 aliphatic rings. The van der Waals surface area contributed by atoms with Gasteiger partial charge in [0.05, 0.1) is 0 Å². The molecular formula is C24H42. The second kappa shape index (κ2) is 11.0. The van der Waals surface area contributed by atoms with Gasteiger partial charge in [-0.15, -0.1) is 0 Å². The lowest BCUT2D eigenvalue weighted by Gasteiger charge is -2.24.